The average molecular weight is 430 g/mol. The van der Waals surface area contributed by atoms with Gasteiger partial charge in [0.05, 0.1) is 13.1 Å². The van der Waals surface area contributed by atoms with Crippen LogP contribution in [0, 0.1) is 6.92 Å². The smallest absolute Gasteiger partial charge is 0.410 e. The number of carbonyl (C=O) groups excluding carboxylic acids is 1. The van der Waals surface area contributed by atoms with E-state index < -0.39 is 0 Å². The van der Waals surface area contributed by atoms with Gasteiger partial charge >= 0.3 is 6.09 Å². The van der Waals surface area contributed by atoms with Gasteiger partial charge in [0.15, 0.2) is 0 Å². The number of ether oxygens (including phenoxy) is 1. The summed E-state index contributed by atoms with van der Waals surface area (Å²) in [7, 11) is 0. The summed E-state index contributed by atoms with van der Waals surface area (Å²) in [5.41, 5.74) is 3.22. The number of amides is 1. The minimum Gasteiger partial charge on any atom is -0.445 e. The molecule has 0 saturated carbocycles. The highest BCUT2D eigenvalue weighted by Gasteiger charge is 2.18. The van der Waals surface area contributed by atoms with E-state index in [0.29, 0.717) is 13.1 Å². The molecule has 3 nitrogen and oxygen atoms in total. The first kappa shape index (κ1) is 18.7. The maximum absolute atomic E-state index is 12.7. The van der Waals surface area contributed by atoms with Crippen molar-refractivity contribution in [1.29, 1.82) is 0 Å². The molecule has 3 aromatic rings. The second kappa shape index (κ2) is 9.01. The van der Waals surface area contributed by atoms with Gasteiger partial charge in [0, 0.05) is 9.35 Å². The molecule has 3 rings (SSSR count). The molecule has 5 heteroatoms. The Balaban J connectivity index is 1.72. The van der Waals surface area contributed by atoms with Crippen LogP contribution in [0.2, 0.25) is 0 Å². The van der Waals surface area contributed by atoms with Crippen LogP contribution >= 0.6 is 27.3 Å². The maximum Gasteiger partial charge on any atom is 0.410 e. The van der Waals surface area contributed by atoms with E-state index in [4.69, 9.17) is 4.74 Å². The van der Waals surface area contributed by atoms with E-state index in [0.717, 1.165) is 20.5 Å². The molecule has 0 aliphatic carbocycles. The Hall–Kier alpha value is -2.11. The number of halogens is 1. The van der Waals surface area contributed by atoms with E-state index in [1.165, 1.54) is 5.56 Å². The van der Waals surface area contributed by atoms with E-state index >= 15 is 0 Å². The van der Waals surface area contributed by atoms with Crippen LogP contribution in [0.5, 0.6) is 0 Å². The zero-order valence-corrected chi connectivity index (χ0v) is 16.9. The van der Waals surface area contributed by atoms with Crippen LogP contribution in [0.15, 0.2) is 70.5 Å². The molecule has 0 unspecified atom stereocenters. The van der Waals surface area contributed by atoms with Crippen LogP contribution < -0.4 is 0 Å². The molecular formula is C21H20BrNO2S. The second-order valence-electron chi connectivity index (χ2n) is 6.07. The Bertz CT molecular complexity index is 850. The minimum absolute atomic E-state index is 0.273. The van der Waals surface area contributed by atoms with Gasteiger partial charge in [0.1, 0.15) is 6.61 Å². The molecule has 134 valence electrons. The van der Waals surface area contributed by atoms with Gasteiger partial charge in [-0.1, -0.05) is 64.5 Å². The van der Waals surface area contributed by atoms with Gasteiger partial charge in [-0.3, -0.25) is 4.90 Å². The third-order valence-electron chi connectivity index (χ3n) is 3.96. The topological polar surface area (TPSA) is 29.5 Å². The fourth-order valence-electron chi connectivity index (χ4n) is 2.57. The SMILES string of the molecule is Cc1ccc(CN(Cc2cccs2)C(=O)OCc2ccccc2)c(Br)c1. The molecule has 0 fully saturated rings. The molecule has 0 aliphatic heterocycles. The first-order valence-electron chi connectivity index (χ1n) is 8.35. The summed E-state index contributed by atoms with van der Waals surface area (Å²) < 4.78 is 6.56. The summed E-state index contributed by atoms with van der Waals surface area (Å²) in [5.74, 6) is 0. The summed E-state index contributed by atoms with van der Waals surface area (Å²) >= 11 is 5.24. The Morgan fingerprint density at radius 3 is 2.58 bits per heavy atom. The highest BCUT2D eigenvalue weighted by Crippen LogP contribution is 2.22. The molecule has 0 bridgehead atoms. The molecule has 0 saturated heterocycles. The van der Waals surface area contributed by atoms with Crippen molar-refractivity contribution >= 4 is 33.4 Å². The Morgan fingerprint density at radius 2 is 1.88 bits per heavy atom. The van der Waals surface area contributed by atoms with Crippen molar-refractivity contribution in [3.63, 3.8) is 0 Å². The summed E-state index contributed by atoms with van der Waals surface area (Å²) in [6.45, 7) is 3.35. The van der Waals surface area contributed by atoms with Gasteiger partial charge in [-0.15, -0.1) is 11.3 Å². The quantitative estimate of drug-likeness (QED) is 0.469. The molecule has 0 atom stereocenters. The van der Waals surface area contributed by atoms with Gasteiger partial charge in [0.25, 0.3) is 0 Å². The van der Waals surface area contributed by atoms with E-state index in [1.54, 1.807) is 16.2 Å². The number of benzene rings is 2. The molecule has 0 aliphatic rings. The molecule has 2 aromatic carbocycles. The third kappa shape index (κ3) is 5.19. The van der Waals surface area contributed by atoms with Crippen LogP contribution in [0.1, 0.15) is 21.6 Å². The number of aryl methyl sites for hydroxylation is 1. The lowest BCUT2D eigenvalue weighted by Gasteiger charge is -2.22. The van der Waals surface area contributed by atoms with E-state index in [2.05, 4.69) is 28.1 Å². The lowest BCUT2D eigenvalue weighted by molar-refractivity contribution is 0.0913. The normalized spacial score (nSPS) is 10.5. The lowest BCUT2D eigenvalue weighted by Crippen LogP contribution is -2.30. The third-order valence-corrected chi connectivity index (χ3v) is 5.56. The van der Waals surface area contributed by atoms with Crippen molar-refractivity contribution in [2.45, 2.75) is 26.6 Å². The fraction of sp³-hybridized carbons (Fsp3) is 0.190. The van der Waals surface area contributed by atoms with Gasteiger partial charge in [-0.25, -0.2) is 4.79 Å². The molecule has 1 heterocycles. The summed E-state index contributed by atoms with van der Waals surface area (Å²) in [6.07, 6.45) is -0.310. The van der Waals surface area contributed by atoms with Crippen molar-refractivity contribution in [3.05, 3.63) is 92.1 Å². The largest absolute Gasteiger partial charge is 0.445 e. The van der Waals surface area contributed by atoms with Crippen LogP contribution in [-0.2, 0) is 24.4 Å². The Kier molecular flexibility index (Phi) is 6.47. The second-order valence-corrected chi connectivity index (χ2v) is 7.96. The Morgan fingerprint density at radius 1 is 1.08 bits per heavy atom. The van der Waals surface area contributed by atoms with E-state index in [9.17, 15) is 4.79 Å². The number of carbonyl (C=O) groups is 1. The van der Waals surface area contributed by atoms with Crippen molar-refractivity contribution < 1.29 is 9.53 Å². The molecular weight excluding hydrogens is 410 g/mol. The molecule has 1 aromatic heterocycles. The van der Waals surface area contributed by atoms with Gasteiger partial charge in [-0.2, -0.15) is 0 Å². The number of hydrogen-bond donors (Lipinski definition) is 0. The number of hydrogen-bond acceptors (Lipinski definition) is 3. The number of thiophene rings is 1. The summed E-state index contributed by atoms with van der Waals surface area (Å²) in [5, 5.41) is 2.02. The first-order valence-corrected chi connectivity index (χ1v) is 10.0. The van der Waals surface area contributed by atoms with E-state index in [-0.39, 0.29) is 12.7 Å². The first-order chi connectivity index (χ1) is 12.6. The molecule has 0 spiro atoms. The average Bonchev–Trinajstić information content (AvgIpc) is 3.15. The predicted molar refractivity (Wildman–Crippen MR) is 109 cm³/mol. The molecule has 1 amide bonds. The van der Waals surface area contributed by atoms with Crippen molar-refractivity contribution in [1.82, 2.24) is 4.90 Å². The lowest BCUT2D eigenvalue weighted by atomic mass is 10.1. The van der Waals surface area contributed by atoms with Crippen molar-refractivity contribution in [2.75, 3.05) is 0 Å². The zero-order valence-electron chi connectivity index (χ0n) is 14.5. The molecule has 0 radical (unpaired) electrons. The van der Waals surface area contributed by atoms with Gasteiger partial charge < -0.3 is 4.74 Å². The van der Waals surface area contributed by atoms with Crippen molar-refractivity contribution in [2.24, 2.45) is 0 Å². The minimum atomic E-state index is -0.310. The van der Waals surface area contributed by atoms with Crippen LogP contribution in [0.3, 0.4) is 0 Å². The van der Waals surface area contributed by atoms with E-state index in [1.807, 2.05) is 60.8 Å². The highest BCUT2D eigenvalue weighted by atomic mass is 79.9. The van der Waals surface area contributed by atoms with Gasteiger partial charge in [0.2, 0.25) is 0 Å². The van der Waals surface area contributed by atoms with Gasteiger partial charge in [-0.05, 0) is 41.1 Å². The maximum atomic E-state index is 12.7. The van der Waals surface area contributed by atoms with Crippen LogP contribution in [0.25, 0.3) is 0 Å². The standard InChI is InChI=1S/C21H20BrNO2S/c1-16-9-10-18(20(22)12-16)13-23(14-19-8-5-11-26-19)21(24)25-15-17-6-3-2-4-7-17/h2-12H,13-15H2,1H3. The molecule has 0 N–H and O–H groups in total. The number of nitrogens with zero attached hydrogens (tertiary/aromatic N) is 1. The van der Waals surface area contributed by atoms with Crippen LogP contribution in [-0.4, -0.2) is 11.0 Å². The predicted octanol–water partition coefficient (Wildman–Crippen LogP) is 6.16. The Labute approximate surface area is 166 Å². The fourth-order valence-corrected chi connectivity index (χ4v) is 3.91. The molecule has 26 heavy (non-hydrogen) atoms. The summed E-state index contributed by atoms with van der Waals surface area (Å²) in [4.78, 5) is 15.6. The number of rotatable bonds is 6. The zero-order chi connectivity index (χ0) is 18.4. The van der Waals surface area contributed by atoms with Crippen LogP contribution in [0.4, 0.5) is 4.79 Å². The van der Waals surface area contributed by atoms with Crippen molar-refractivity contribution in [3.8, 4) is 0 Å². The summed E-state index contributed by atoms with van der Waals surface area (Å²) in [6, 6.07) is 19.9. The highest BCUT2D eigenvalue weighted by molar-refractivity contribution is 9.10. The monoisotopic (exact) mass is 429 g/mol.